The summed E-state index contributed by atoms with van der Waals surface area (Å²) in [6.45, 7) is 2.62. The smallest absolute Gasteiger partial charge is 0.338 e. The van der Waals surface area contributed by atoms with Crippen molar-refractivity contribution in [2.24, 2.45) is 0 Å². The number of rotatable bonds is 21. The van der Waals surface area contributed by atoms with Gasteiger partial charge >= 0.3 is 5.97 Å². The van der Waals surface area contributed by atoms with Gasteiger partial charge in [-0.1, -0.05) is 103 Å². The number of carboxylic acid groups (broad SMARTS) is 1. The summed E-state index contributed by atoms with van der Waals surface area (Å²) >= 11 is 0. The standard InChI is InChI=1S/C25H41N3O6/c1-2-3-4-5-6-7-8-9-10-11-12-13-14-15-16-17-18-26-24-22(25(29)30)19-21(27(31)32)20-23(24)28(33)34/h19-20,26H,2-18H2,1H3,(H,29,30). The Hall–Kier alpha value is -2.71. The van der Waals surface area contributed by atoms with E-state index in [1.165, 1.54) is 77.0 Å². The van der Waals surface area contributed by atoms with Crippen LogP contribution in [0.1, 0.15) is 120 Å². The van der Waals surface area contributed by atoms with Crippen LogP contribution in [0.15, 0.2) is 12.1 Å². The summed E-state index contributed by atoms with van der Waals surface area (Å²) in [6.07, 6.45) is 19.8. The third kappa shape index (κ3) is 12.0. The van der Waals surface area contributed by atoms with E-state index < -0.39 is 32.8 Å². The Morgan fingerprint density at radius 1 is 0.765 bits per heavy atom. The summed E-state index contributed by atoms with van der Waals surface area (Å²) in [5, 5.41) is 34.4. The molecule has 0 aliphatic heterocycles. The van der Waals surface area contributed by atoms with Crippen molar-refractivity contribution in [3.8, 4) is 0 Å². The lowest BCUT2D eigenvalue weighted by Crippen LogP contribution is -2.11. The zero-order valence-electron chi connectivity index (χ0n) is 20.6. The monoisotopic (exact) mass is 479 g/mol. The van der Waals surface area contributed by atoms with E-state index in [4.69, 9.17) is 0 Å². The Morgan fingerprint density at radius 2 is 1.21 bits per heavy atom. The number of nitrogens with one attached hydrogen (secondary N) is 1. The predicted octanol–water partition coefficient (Wildman–Crippen LogP) is 7.87. The minimum absolute atomic E-state index is 0.177. The first-order chi connectivity index (χ1) is 16.4. The number of nitro benzene ring substituents is 2. The first kappa shape index (κ1) is 29.3. The second kappa shape index (κ2) is 17.7. The number of hydrogen-bond acceptors (Lipinski definition) is 6. The Morgan fingerprint density at radius 3 is 1.59 bits per heavy atom. The molecule has 0 spiro atoms. The molecule has 0 fully saturated rings. The van der Waals surface area contributed by atoms with E-state index in [1.54, 1.807) is 0 Å². The molecule has 0 amide bonds. The van der Waals surface area contributed by atoms with E-state index in [2.05, 4.69) is 12.2 Å². The second-order valence-corrected chi connectivity index (χ2v) is 8.94. The van der Waals surface area contributed by atoms with Crippen molar-refractivity contribution in [2.45, 2.75) is 110 Å². The number of hydrogen-bond donors (Lipinski definition) is 2. The van der Waals surface area contributed by atoms with Gasteiger partial charge in [0.15, 0.2) is 0 Å². The highest BCUT2D eigenvalue weighted by Gasteiger charge is 2.27. The number of anilines is 1. The molecule has 192 valence electrons. The van der Waals surface area contributed by atoms with Crippen LogP contribution in [0.2, 0.25) is 0 Å². The molecule has 2 N–H and O–H groups in total. The summed E-state index contributed by atoms with van der Waals surface area (Å²) in [7, 11) is 0. The van der Waals surface area contributed by atoms with E-state index in [0.717, 1.165) is 37.8 Å². The molecule has 0 aromatic heterocycles. The lowest BCUT2D eigenvalue weighted by molar-refractivity contribution is -0.393. The summed E-state index contributed by atoms with van der Waals surface area (Å²) in [5.74, 6) is -1.44. The molecular weight excluding hydrogens is 438 g/mol. The largest absolute Gasteiger partial charge is 0.478 e. The number of nitro groups is 2. The van der Waals surface area contributed by atoms with Crippen LogP contribution in [-0.2, 0) is 0 Å². The van der Waals surface area contributed by atoms with Gasteiger partial charge in [0.25, 0.3) is 11.4 Å². The normalized spacial score (nSPS) is 10.9. The van der Waals surface area contributed by atoms with Crippen LogP contribution in [0.4, 0.5) is 17.1 Å². The third-order valence-corrected chi connectivity index (χ3v) is 6.07. The number of carbonyl (C=O) groups is 1. The molecule has 0 atom stereocenters. The maximum atomic E-state index is 11.5. The Bertz CT molecular complexity index is 734. The zero-order valence-corrected chi connectivity index (χ0v) is 20.6. The van der Waals surface area contributed by atoms with Gasteiger partial charge in [0.05, 0.1) is 21.5 Å². The average Bonchev–Trinajstić information content (AvgIpc) is 2.80. The van der Waals surface area contributed by atoms with E-state index in [9.17, 15) is 30.1 Å². The summed E-state index contributed by atoms with van der Waals surface area (Å²) in [4.78, 5) is 32.1. The van der Waals surface area contributed by atoms with Crippen LogP contribution in [-0.4, -0.2) is 27.5 Å². The lowest BCUT2D eigenvalue weighted by Gasteiger charge is -2.10. The van der Waals surface area contributed by atoms with Crippen LogP contribution >= 0.6 is 0 Å². The van der Waals surface area contributed by atoms with Crippen molar-refractivity contribution in [1.82, 2.24) is 0 Å². The molecule has 0 aliphatic carbocycles. The number of non-ortho nitro benzene ring substituents is 1. The molecule has 1 aromatic carbocycles. The molecule has 9 heteroatoms. The van der Waals surface area contributed by atoms with Gasteiger partial charge in [-0.25, -0.2) is 4.79 Å². The highest BCUT2D eigenvalue weighted by molar-refractivity contribution is 5.98. The molecule has 0 radical (unpaired) electrons. The molecule has 0 heterocycles. The molecule has 0 unspecified atom stereocenters. The number of nitrogens with zero attached hydrogens (tertiary/aromatic N) is 2. The number of carboxylic acids is 1. The first-order valence-corrected chi connectivity index (χ1v) is 12.8. The fraction of sp³-hybridized carbons (Fsp3) is 0.720. The zero-order chi connectivity index (χ0) is 25.2. The topological polar surface area (TPSA) is 136 Å². The molecule has 9 nitrogen and oxygen atoms in total. The van der Waals surface area contributed by atoms with Gasteiger partial charge in [0.2, 0.25) is 0 Å². The quantitative estimate of drug-likeness (QED) is 0.104. The fourth-order valence-electron chi connectivity index (χ4n) is 4.10. The SMILES string of the molecule is CCCCCCCCCCCCCCCCCCNc1c(C(=O)O)cc([N+](=O)[O-])cc1[N+](=O)[O-]. The van der Waals surface area contributed by atoms with Crippen LogP contribution in [0, 0.1) is 20.2 Å². The lowest BCUT2D eigenvalue weighted by atomic mass is 10.0. The van der Waals surface area contributed by atoms with Crippen molar-refractivity contribution >= 4 is 23.0 Å². The van der Waals surface area contributed by atoms with Gasteiger partial charge in [-0.2, -0.15) is 0 Å². The van der Waals surface area contributed by atoms with Crippen molar-refractivity contribution < 1.29 is 19.7 Å². The van der Waals surface area contributed by atoms with E-state index in [-0.39, 0.29) is 5.69 Å². The van der Waals surface area contributed by atoms with Crippen molar-refractivity contribution in [2.75, 3.05) is 11.9 Å². The molecule has 1 rings (SSSR count). The van der Waals surface area contributed by atoms with Gasteiger partial charge in [0, 0.05) is 12.6 Å². The van der Waals surface area contributed by atoms with E-state index in [0.29, 0.717) is 6.54 Å². The van der Waals surface area contributed by atoms with Gasteiger partial charge in [-0.15, -0.1) is 0 Å². The van der Waals surface area contributed by atoms with Gasteiger partial charge in [0.1, 0.15) is 5.69 Å². The van der Waals surface area contributed by atoms with Crippen molar-refractivity contribution in [1.29, 1.82) is 0 Å². The van der Waals surface area contributed by atoms with Gasteiger partial charge in [-0.05, 0) is 6.42 Å². The summed E-state index contributed by atoms with van der Waals surface area (Å²) in [5.41, 5.74) is -1.85. The maximum absolute atomic E-state index is 11.5. The van der Waals surface area contributed by atoms with Crippen LogP contribution in [0.5, 0.6) is 0 Å². The molecule has 0 aliphatic rings. The van der Waals surface area contributed by atoms with E-state index >= 15 is 0 Å². The van der Waals surface area contributed by atoms with E-state index in [1.807, 2.05) is 0 Å². The minimum atomic E-state index is -1.44. The molecule has 1 aromatic rings. The highest BCUT2D eigenvalue weighted by atomic mass is 16.6. The summed E-state index contributed by atoms with van der Waals surface area (Å²) < 4.78 is 0. The van der Waals surface area contributed by atoms with Crippen LogP contribution < -0.4 is 5.32 Å². The molecular formula is C25H41N3O6. The highest BCUT2D eigenvalue weighted by Crippen LogP contribution is 2.33. The Kier molecular flexibility index (Phi) is 15.3. The Balaban J connectivity index is 2.18. The maximum Gasteiger partial charge on any atom is 0.338 e. The average molecular weight is 480 g/mol. The molecule has 0 saturated carbocycles. The Labute approximate surface area is 202 Å². The molecule has 34 heavy (non-hydrogen) atoms. The first-order valence-electron chi connectivity index (χ1n) is 12.8. The van der Waals surface area contributed by atoms with Gasteiger partial charge < -0.3 is 10.4 Å². The summed E-state index contributed by atoms with van der Waals surface area (Å²) in [6, 6.07) is 1.65. The minimum Gasteiger partial charge on any atom is -0.478 e. The van der Waals surface area contributed by atoms with Crippen molar-refractivity contribution in [3.63, 3.8) is 0 Å². The number of aromatic carboxylic acids is 1. The number of unbranched alkanes of at least 4 members (excludes halogenated alkanes) is 15. The van der Waals surface area contributed by atoms with Crippen LogP contribution in [0.25, 0.3) is 0 Å². The predicted molar refractivity (Wildman–Crippen MR) is 135 cm³/mol. The molecule has 0 saturated heterocycles. The third-order valence-electron chi connectivity index (χ3n) is 6.07. The molecule has 0 bridgehead atoms. The van der Waals surface area contributed by atoms with Gasteiger partial charge in [-0.3, -0.25) is 20.2 Å². The van der Waals surface area contributed by atoms with Crippen LogP contribution in [0.3, 0.4) is 0 Å². The fourth-order valence-corrected chi connectivity index (χ4v) is 4.10. The van der Waals surface area contributed by atoms with Crippen molar-refractivity contribution in [3.05, 3.63) is 37.9 Å². The number of benzene rings is 1. The second-order valence-electron chi connectivity index (χ2n) is 8.94.